The minimum Gasteiger partial charge on any atom is -0.325 e. The lowest BCUT2D eigenvalue weighted by atomic mass is 10.1. The van der Waals surface area contributed by atoms with E-state index in [1.807, 2.05) is 23.6 Å². The highest BCUT2D eigenvalue weighted by Crippen LogP contribution is 2.17. The molecule has 2 amide bonds. The van der Waals surface area contributed by atoms with Crippen molar-refractivity contribution in [3.05, 3.63) is 0 Å². The second-order valence-electron chi connectivity index (χ2n) is 4.80. The molecule has 17 heavy (non-hydrogen) atoms. The Balaban J connectivity index is 1.75. The van der Waals surface area contributed by atoms with E-state index in [4.69, 9.17) is 0 Å². The van der Waals surface area contributed by atoms with Gasteiger partial charge in [-0.25, -0.2) is 4.79 Å². The maximum Gasteiger partial charge on any atom is 0.320 e. The Kier molecular flexibility index (Phi) is 4.23. The number of likely N-dealkylation sites (tertiary alicyclic amines) is 1. The summed E-state index contributed by atoms with van der Waals surface area (Å²) in [6, 6.07) is 0.804. The fourth-order valence-corrected chi connectivity index (χ4v) is 2.58. The van der Waals surface area contributed by atoms with Crippen molar-refractivity contribution in [2.75, 3.05) is 52.4 Å². The maximum absolute atomic E-state index is 12.0. The van der Waals surface area contributed by atoms with Crippen molar-refractivity contribution in [3.63, 3.8) is 0 Å². The highest BCUT2D eigenvalue weighted by Gasteiger charge is 2.36. The molecule has 1 N–H and O–H groups in total. The molecule has 2 saturated heterocycles. The first-order valence-corrected chi connectivity index (χ1v) is 6.74. The molecular weight excluding hydrogens is 216 g/mol. The summed E-state index contributed by atoms with van der Waals surface area (Å²) in [6.45, 7) is 11.9. The normalized spacial score (nSPS) is 22.4. The average molecular weight is 240 g/mol. The van der Waals surface area contributed by atoms with Gasteiger partial charge in [-0.2, -0.15) is 0 Å². The van der Waals surface area contributed by atoms with E-state index in [1.54, 1.807) is 0 Å². The zero-order chi connectivity index (χ0) is 12.3. The lowest BCUT2D eigenvalue weighted by Gasteiger charge is -2.47. The van der Waals surface area contributed by atoms with E-state index in [-0.39, 0.29) is 6.03 Å². The molecule has 0 unspecified atom stereocenters. The van der Waals surface area contributed by atoms with Crippen molar-refractivity contribution < 1.29 is 4.79 Å². The second-order valence-corrected chi connectivity index (χ2v) is 4.80. The Morgan fingerprint density at radius 2 is 1.82 bits per heavy atom. The standard InChI is InChI=1S/C12H24N4O/c1-3-14(4-2)12(17)16-9-11(10-16)15-7-5-13-6-8-15/h11,13H,3-10H2,1-2H3. The zero-order valence-electron chi connectivity index (χ0n) is 11.0. The van der Waals surface area contributed by atoms with Crippen molar-refractivity contribution in [1.82, 2.24) is 20.0 Å². The van der Waals surface area contributed by atoms with Crippen LogP contribution in [0.4, 0.5) is 4.79 Å². The first-order valence-electron chi connectivity index (χ1n) is 6.74. The molecule has 0 aromatic rings. The number of hydrogen-bond acceptors (Lipinski definition) is 3. The third kappa shape index (κ3) is 2.72. The zero-order valence-corrected chi connectivity index (χ0v) is 11.0. The molecule has 5 heteroatoms. The van der Waals surface area contributed by atoms with E-state index in [9.17, 15) is 4.79 Å². The van der Waals surface area contributed by atoms with Crippen molar-refractivity contribution in [3.8, 4) is 0 Å². The van der Waals surface area contributed by atoms with Gasteiger partial charge in [0.1, 0.15) is 0 Å². The summed E-state index contributed by atoms with van der Waals surface area (Å²) in [5, 5.41) is 3.36. The second kappa shape index (κ2) is 5.69. The first-order chi connectivity index (χ1) is 8.26. The van der Waals surface area contributed by atoms with E-state index in [0.29, 0.717) is 6.04 Å². The summed E-state index contributed by atoms with van der Waals surface area (Å²) >= 11 is 0. The van der Waals surface area contributed by atoms with Gasteiger partial charge in [-0.1, -0.05) is 0 Å². The topological polar surface area (TPSA) is 38.8 Å². The van der Waals surface area contributed by atoms with Crippen LogP contribution in [-0.4, -0.2) is 79.1 Å². The van der Waals surface area contributed by atoms with Gasteiger partial charge in [0.05, 0.1) is 0 Å². The first kappa shape index (κ1) is 12.6. The van der Waals surface area contributed by atoms with Gasteiger partial charge in [0.2, 0.25) is 0 Å². The van der Waals surface area contributed by atoms with Crippen LogP contribution < -0.4 is 5.32 Å². The fourth-order valence-electron chi connectivity index (χ4n) is 2.58. The summed E-state index contributed by atoms with van der Waals surface area (Å²) in [5.41, 5.74) is 0. The van der Waals surface area contributed by atoms with Crippen LogP contribution in [0.15, 0.2) is 0 Å². The van der Waals surface area contributed by atoms with Crippen LogP contribution in [0.5, 0.6) is 0 Å². The number of urea groups is 1. The van der Waals surface area contributed by atoms with Gasteiger partial charge >= 0.3 is 6.03 Å². The molecule has 0 aromatic carbocycles. The summed E-state index contributed by atoms with van der Waals surface area (Å²) < 4.78 is 0. The lowest BCUT2D eigenvalue weighted by Crippen LogP contribution is -2.65. The van der Waals surface area contributed by atoms with Gasteiger partial charge in [0.25, 0.3) is 0 Å². The van der Waals surface area contributed by atoms with Crippen molar-refractivity contribution in [2.45, 2.75) is 19.9 Å². The van der Waals surface area contributed by atoms with Crippen LogP contribution in [0.2, 0.25) is 0 Å². The number of carbonyl (C=O) groups is 1. The van der Waals surface area contributed by atoms with Crippen LogP contribution in [-0.2, 0) is 0 Å². The van der Waals surface area contributed by atoms with Crippen LogP contribution in [0.25, 0.3) is 0 Å². The third-order valence-corrected chi connectivity index (χ3v) is 3.83. The minimum atomic E-state index is 0.210. The highest BCUT2D eigenvalue weighted by molar-refractivity contribution is 5.75. The molecule has 2 aliphatic heterocycles. The predicted octanol–water partition coefficient (Wildman–Crippen LogP) is 0.0376. The van der Waals surface area contributed by atoms with E-state index >= 15 is 0 Å². The van der Waals surface area contributed by atoms with E-state index in [2.05, 4.69) is 10.2 Å². The maximum atomic E-state index is 12.0. The van der Waals surface area contributed by atoms with E-state index in [0.717, 1.165) is 52.4 Å². The number of piperazine rings is 1. The van der Waals surface area contributed by atoms with Gasteiger partial charge in [0.15, 0.2) is 0 Å². The number of hydrogen-bond donors (Lipinski definition) is 1. The summed E-state index contributed by atoms with van der Waals surface area (Å²) in [4.78, 5) is 18.4. The molecule has 0 aliphatic carbocycles. The molecule has 0 atom stereocenters. The van der Waals surface area contributed by atoms with Gasteiger partial charge in [-0.3, -0.25) is 4.90 Å². The SMILES string of the molecule is CCN(CC)C(=O)N1CC(N2CCNCC2)C1. The molecule has 0 spiro atoms. The Bertz CT molecular complexity index is 255. The van der Waals surface area contributed by atoms with Crippen LogP contribution >= 0.6 is 0 Å². The largest absolute Gasteiger partial charge is 0.325 e. The Morgan fingerprint density at radius 1 is 1.24 bits per heavy atom. The van der Waals surface area contributed by atoms with Crippen LogP contribution in [0.1, 0.15) is 13.8 Å². The van der Waals surface area contributed by atoms with E-state index < -0.39 is 0 Å². The summed E-state index contributed by atoms with van der Waals surface area (Å²) in [6.07, 6.45) is 0. The molecule has 0 saturated carbocycles. The van der Waals surface area contributed by atoms with E-state index in [1.165, 1.54) is 0 Å². The smallest absolute Gasteiger partial charge is 0.320 e. The molecule has 98 valence electrons. The molecule has 2 aliphatic rings. The van der Waals surface area contributed by atoms with Gasteiger partial charge in [-0.15, -0.1) is 0 Å². The summed E-state index contributed by atoms with van der Waals surface area (Å²) in [5.74, 6) is 0. The molecule has 2 rings (SSSR count). The molecule has 2 fully saturated rings. The highest BCUT2D eigenvalue weighted by atomic mass is 16.2. The number of amides is 2. The van der Waals surface area contributed by atoms with Gasteiger partial charge < -0.3 is 15.1 Å². The monoisotopic (exact) mass is 240 g/mol. The van der Waals surface area contributed by atoms with Crippen molar-refractivity contribution in [2.24, 2.45) is 0 Å². The van der Waals surface area contributed by atoms with Crippen molar-refractivity contribution in [1.29, 1.82) is 0 Å². The molecule has 0 aromatic heterocycles. The minimum absolute atomic E-state index is 0.210. The Morgan fingerprint density at radius 3 is 2.35 bits per heavy atom. The Hall–Kier alpha value is -0.810. The number of nitrogens with zero attached hydrogens (tertiary/aromatic N) is 3. The quantitative estimate of drug-likeness (QED) is 0.757. The third-order valence-electron chi connectivity index (χ3n) is 3.83. The number of rotatable bonds is 3. The molecule has 2 heterocycles. The predicted molar refractivity (Wildman–Crippen MR) is 68.1 cm³/mol. The molecule has 0 radical (unpaired) electrons. The van der Waals surface area contributed by atoms with Crippen LogP contribution in [0, 0.1) is 0 Å². The molecular formula is C12H24N4O. The number of carbonyl (C=O) groups excluding carboxylic acids is 1. The number of nitrogens with one attached hydrogen (secondary N) is 1. The Labute approximate surface area is 104 Å². The fraction of sp³-hybridized carbons (Fsp3) is 0.917. The van der Waals surface area contributed by atoms with Gasteiger partial charge in [-0.05, 0) is 13.8 Å². The van der Waals surface area contributed by atoms with Crippen LogP contribution in [0.3, 0.4) is 0 Å². The van der Waals surface area contributed by atoms with Crippen molar-refractivity contribution >= 4 is 6.03 Å². The molecule has 0 bridgehead atoms. The average Bonchev–Trinajstić information content (AvgIpc) is 2.30. The lowest BCUT2D eigenvalue weighted by molar-refractivity contribution is 0.0375. The molecule has 5 nitrogen and oxygen atoms in total. The summed E-state index contributed by atoms with van der Waals surface area (Å²) in [7, 11) is 0. The van der Waals surface area contributed by atoms with Gasteiger partial charge in [0, 0.05) is 58.4 Å².